The Morgan fingerprint density at radius 3 is 2.22 bits per heavy atom. The van der Waals surface area contributed by atoms with Crippen LogP contribution in [-0.4, -0.2) is 41.7 Å². The van der Waals surface area contributed by atoms with Crippen molar-refractivity contribution in [2.75, 3.05) is 12.9 Å². The zero-order valence-electron chi connectivity index (χ0n) is 20.1. The maximum Gasteiger partial charge on any atom is 0.242 e. The highest BCUT2D eigenvalue weighted by Gasteiger charge is 2.26. The molecular formula is C26H36N2O3S. The summed E-state index contributed by atoms with van der Waals surface area (Å²) < 4.78 is 5.23. The quantitative estimate of drug-likeness (QED) is 0.524. The van der Waals surface area contributed by atoms with Crippen molar-refractivity contribution < 1.29 is 14.3 Å². The first-order chi connectivity index (χ1) is 15.2. The van der Waals surface area contributed by atoms with Crippen molar-refractivity contribution in [2.24, 2.45) is 0 Å². The van der Waals surface area contributed by atoms with Crippen LogP contribution in [-0.2, 0) is 21.9 Å². The summed E-state index contributed by atoms with van der Waals surface area (Å²) in [4.78, 5) is 27.7. The van der Waals surface area contributed by atoms with Crippen LogP contribution < -0.4 is 10.1 Å². The molecule has 0 bridgehead atoms. The first-order valence-corrected chi connectivity index (χ1v) is 12.3. The number of nitrogens with zero attached hydrogens (tertiary/aromatic N) is 1. The van der Waals surface area contributed by atoms with Gasteiger partial charge in [0.05, 0.1) is 12.9 Å². The van der Waals surface area contributed by atoms with E-state index in [0.29, 0.717) is 12.3 Å². The second-order valence-corrected chi connectivity index (χ2v) is 9.34. The first kappa shape index (κ1) is 25.8. The van der Waals surface area contributed by atoms with Crippen LogP contribution >= 0.6 is 11.8 Å². The number of thioether (sulfide) groups is 1. The molecule has 2 amide bonds. The van der Waals surface area contributed by atoms with Crippen LogP contribution in [0.25, 0.3) is 0 Å². The van der Waals surface area contributed by atoms with Crippen molar-refractivity contribution in [3.63, 3.8) is 0 Å². The molecule has 0 saturated heterocycles. The Morgan fingerprint density at radius 1 is 1.03 bits per heavy atom. The summed E-state index contributed by atoms with van der Waals surface area (Å²) in [7, 11) is 1.62. The van der Waals surface area contributed by atoms with Crippen LogP contribution in [0.1, 0.15) is 49.4 Å². The first-order valence-electron chi connectivity index (χ1n) is 11.1. The van der Waals surface area contributed by atoms with Gasteiger partial charge in [0.25, 0.3) is 0 Å². The predicted octanol–water partition coefficient (Wildman–Crippen LogP) is 4.88. The minimum absolute atomic E-state index is 0.0398. The van der Waals surface area contributed by atoms with Crippen molar-refractivity contribution in [3.05, 3.63) is 64.7 Å². The monoisotopic (exact) mass is 456 g/mol. The fourth-order valence-corrected chi connectivity index (χ4v) is 4.31. The normalized spacial score (nSPS) is 12.7. The Morgan fingerprint density at radius 2 is 1.66 bits per heavy atom. The van der Waals surface area contributed by atoms with E-state index in [1.54, 1.807) is 30.7 Å². The fraction of sp³-hybridized carbons (Fsp3) is 0.462. The lowest BCUT2D eigenvalue weighted by atomic mass is 10.1. The van der Waals surface area contributed by atoms with Crippen LogP contribution in [0.2, 0.25) is 0 Å². The molecular weight excluding hydrogens is 420 g/mol. The Balaban J connectivity index is 2.10. The molecule has 5 nitrogen and oxygen atoms in total. The smallest absolute Gasteiger partial charge is 0.242 e. The van der Waals surface area contributed by atoms with Crippen LogP contribution in [0.4, 0.5) is 0 Å². The molecule has 0 saturated carbocycles. The fourth-order valence-electron chi connectivity index (χ4n) is 3.47. The van der Waals surface area contributed by atoms with E-state index in [2.05, 4.69) is 37.4 Å². The summed E-state index contributed by atoms with van der Waals surface area (Å²) >= 11 is 1.58. The van der Waals surface area contributed by atoms with E-state index in [-0.39, 0.29) is 17.9 Å². The van der Waals surface area contributed by atoms with Crippen molar-refractivity contribution in [1.29, 1.82) is 0 Å². The minimum atomic E-state index is -0.555. The molecule has 0 aliphatic carbocycles. The van der Waals surface area contributed by atoms with Gasteiger partial charge in [0, 0.05) is 18.3 Å². The second kappa shape index (κ2) is 12.5. The molecule has 2 rings (SSSR count). The number of methoxy groups -OCH3 is 1. The number of rotatable bonds is 11. The average Bonchev–Trinajstić information content (AvgIpc) is 2.76. The van der Waals surface area contributed by atoms with Gasteiger partial charge in [0.15, 0.2) is 0 Å². The molecule has 0 heterocycles. The van der Waals surface area contributed by atoms with E-state index in [0.717, 1.165) is 23.5 Å². The Hall–Kier alpha value is -2.47. The van der Waals surface area contributed by atoms with Crippen LogP contribution in [0.5, 0.6) is 5.75 Å². The summed E-state index contributed by atoms with van der Waals surface area (Å²) in [6.07, 6.45) is 0.844. The Labute approximate surface area is 196 Å². The number of carbonyl (C=O) groups is 2. The van der Waals surface area contributed by atoms with Gasteiger partial charge in [-0.1, -0.05) is 48.4 Å². The molecule has 6 heteroatoms. The molecule has 0 fully saturated rings. The molecule has 32 heavy (non-hydrogen) atoms. The maximum atomic E-state index is 13.2. The topological polar surface area (TPSA) is 58.6 Å². The molecule has 0 unspecified atom stereocenters. The zero-order chi connectivity index (χ0) is 23.7. The summed E-state index contributed by atoms with van der Waals surface area (Å²) in [5.74, 6) is 1.68. The van der Waals surface area contributed by atoms with Crippen LogP contribution in [0.3, 0.4) is 0 Å². The number of hydrogen-bond acceptors (Lipinski definition) is 4. The van der Waals surface area contributed by atoms with Crippen molar-refractivity contribution in [3.8, 4) is 5.75 Å². The van der Waals surface area contributed by atoms with Gasteiger partial charge in [-0.3, -0.25) is 9.59 Å². The molecule has 174 valence electrons. The minimum Gasteiger partial charge on any atom is -0.497 e. The number of ether oxygens (including phenoxy) is 1. The van der Waals surface area contributed by atoms with Gasteiger partial charge in [-0.2, -0.15) is 0 Å². The Bertz CT molecular complexity index is 878. The van der Waals surface area contributed by atoms with Crippen molar-refractivity contribution in [1.82, 2.24) is 10.2 Å². The highest BCUT2D eigenvalue weighted by Crippen LogP contribution is 2.19. The lowest BCUT2D eigenvalue weighted by molar-refractivity contribution is -0.138. The SMILES string of the molecule is CC[C@H](C)NC(=O)[C@H](C)N(Cc1ccc(OC)cc1)C(=O)CSCc1cc(C)cc(C)c1. The second-order valence-electron chi connectivity index (χ2n) is 8.35. The van der Waals surface area contributed by atoms with E-state index in [4.69, 9.17) is 4.74 Å². The van der Waals surface area contributed by atoms with E-state index in [1.807, 2.05) is 38.1 Å². The van der Waals surface area contributed by atoms with Gasteiger partial charge >= 0.3 is 0 Å². The molecule has 0 aromatic heterocycles. The largest absolute Gasteiger partial charge is 0.497 e. The summed E-state index contributed by atoms with van der Waals surface area (Å²) in [5.41, 5.74) is 4.62. The Kier molecular flexibility index (Phi) is 10.1. The van der Waals surface area contributed by atoms with Gasteiger partial charge in [-0.05, 0) is 57.4 Å². The van der Waals surface area contributed by atoms with Crippen molar-refractivity contribution >= 4 is 23.6 Å². The molecule has 2 aromatic carbocycles. The third kappa shape index (κ3) is 7.90. The van der Waals surface area contributed by atoms with Gasteiger partial charge < -0.3 is 15.0 Å². The molecule has 0 aliphatic rings. The zero-order valence-corrected chi connectivity index (χ0v) is 20.9. The van der Waals surface area contributed by atoms with Gasteiger partial charge in [0.1, 0.15) is 11.8 Å². The average molecular weight is 457 g/mol. The van der Waals surface area contributed by atoms with E-state index in [9.17, 15) is 9.59 Å². The highest BCUT2D eigenvalue weighted by molar-refractivity contribution is 7.99. The van der Waals surface area contributed by atoms with Crippen LogP contribution in [0.15, 0.2) is 42.5 Å². The molecule has 2 aromatic rings. The summed E-state index contributed by atoms with van der Waals surface area (Å²) in [6, 6.07) is 13.6. The summed E-state index contributed by atoms with van der Waals surface area (Å²) in [6.45, 7) is 10.3. The number of aryl methyl sites for hydroxylation is 2. The van der Waals surface area contributed by atoms with Gasteiger partial charge in [-0.25, -0.2) is 0 Å². The molecule has 0 aliphatic heterocycles. The van der Waals surface area contributed by atoms with Crippen molar-refractivity contribution in [2.45, 2.75) is 65.4 Å². The number of hydrogen-bond donors (Lipinski definition) is 1. The van der Waals surface area contributed by atoms with E-state index in [1.165, 1.54) is 16.7 Å². The summed E-state index contributed by atoms with van der Waals surface area (Å²) in [5, 5.41) is 3.00. The number of benzene rings is 2. The number of nitrogens with one attached hydrogen (secondary N) is 1. The molecule has 0 radical (unpaired) electrons. The maximum absolute atomic E-state index is 13.2. The highest BCUT2D eigenvalue weighted by atomic mass is 32.2. The predicted molar refractivity (Wildman–Crippen MR) is 133 cm³/mol. The van der Waals surface area contributed by atoms with Gasteiger partial charge in [-0.15, -0.1) is 11.8 Å². The molecule has 2 atom stereocenters. The third-order valence-electron chi connectivity index (χ3n) is 5.46. The molecule has 0 spiro atoms. The van der Waals surface area contributed by atoms with E-state index < -0.39 is 6.04 Å². The van der Waals surface area contributed by atoms with Gasteiger partial charge in [0.2, 0.25) is 11.8 Å². The number of amides is 2. The third-order valence-corrected chi connectivity index (χ3v) is 6.44. The van der Waals surface area contributed by atoms with Crippen LogP contribution in [0, 0.1) is 13.8 Å². The molecule has 1 N–H and O–H groups in total. The van der Waals surface area contributed by atoms with E-state index >= 15 is 0 Å². The lowest BCUT2D eigenvalue weighted by Gasteiger charge is -2.29. The lowest BCUT2D eigenvalue weighted by Crippen LogP contribution is -2.50. The number of carbonyl (C=O) groups excluding carboxylic acids is 2. The standard InChI is InChI=1S/C26H36N2O3S/c1-7-20(4)27-26(30)21(5)28(15-22-8-10-24(31-6)11-9-22)25(29)17-32-16-23-13-18(2)12-19(3)14-23/h8-14,20-21H,7,15-17H2,1-6H3,(H,27,30)/t20-,21-/m0/s1.